The standard InChI is InChI=1S/C13H15F2NO2/c14-10-2-1-3-11(15)9(10)8-13(12(17)18)4-6-16-7-5-13/h1-3,16H,4-8H2,(H,17,18). The Morgan fingerprint density at radius 3 is 2.33 bits per heavy atom. The van der Waals surface area contributed by atoms with Crippen molar-refractivity contribution in [2.45, 2.75) is 19.3 Å². The van der Waals surface area contributed by atoms with Crippen molar-refractivity contribution >= 4 is 5.97 Å². The minimum absolute atomic E-state index is 0.0947. The van der Waals surface area contributed by atoms with Crippen LogP contribution in [0.4, 0.5) is 8.78 Å². The van der Waals surface area contributed by atoms with Gasteiger partial charge in [-0.1, -0.05) is 6.07 Å². The highest BCUT2D eigenvalue weighted by Crippen LogP contribution is 2.34. The third kappa shape index (κ3) is 2.36. The van der Waals surface area contributed by atoms with E-state index in [1.165, 1.54) is 6.07 Å². The van der Waals surface area contributed by atoms with Crippen molar-refractivity contribution in [3.8, 4) is 0 Å². The normalized spacial score (nSPS) is 18.6. The molecule has 0 spiro atoms. The molecule has 0 aromatic heterocycles. The maximum absolute atomic E-state index is 13.6. The van der Waals surface area contributed by atoms with Crippen molar-refractivity contribution in [1.82, 2.24) is 5.32 Å². The van der Waals surface area contributed by atoms with Crippen LogP contribution in [0.2, 0.25) is 0 Å². The lowest BCUT2D eigenvalue weighted by Crippen LogP contribution is -2.43. The number of hydrogen-bond donors (Lipinski definition) is 2. The molecule has 1 aliphatic rings. The predicted molar refractivity (Wildman–Crippen MR) is 62.2 cm³/mol. The molecule has 18 heavy (non-hydrogen) atoms. The first-order chi connectivity index (χ1) is 8.55. The molecule has 0 aliphatic carbocycles. The number of nitrogens with one attached hydrogen (secondary N) is 1. The van der Waals surface area contributed by atoms with Crippen LogP contribution in [0, 0.1) is 17.0 Å². The van der Waals surface area contributed by atoms with E-state index >= 15 is 0 Å². The molecule has 0 unspecified atom stereocenters. The molecule has 1 aromatic carbocycles. The molecule has 98 valence electrons. The van der Waals surface area contributed by atoms with E-state index in [1.807, 2.05) is 0 Å². The number of rotatable bonds is 3. The van der Waals surface area contributed by atoms with E-state index in [1.54, 1.807) is 0 Å². The van der Waals surface area contributed by atoms with Crippen LogP contribution in [0.5, 0.6) is 0 Å². The van der Waals surface area contributed by atoms with Crippen molar-refractivity contribution in [3.63, 3.8) is 0 Å². The van der Waals surface area contributed by atoms with Gasteiger partial charge in [0.2, 0.25) is 0 Å². The predicted octanol–water partition coefficient (Wildman–Crippen LogP) is 1.96. The first-order valence-electron chi connectivity index (χ1n) is 5.92. The van der Waals surface area contributed by atoms with E-state index in [2.05, 4.69) is 5.32 Å². The molecule has 0 amide bonds. The Labute approximate surface area is 104 Å². The van der Waals surface area contributed by atoms with Crippen LogP contribution in [0.3, 0.4) is 0 Å². The Balaban J connectivity index is 2.32. The zero-order valence-corrected chi connectivity index (χ0v) is 9.88. The van der Waals surface area contributed by atoms with Gasteiger partial charge in [-0.3, -0.25) is 4.79 Å². The highest BCUT2D eigenvalue weighted by atomic mass is 19.1. The van der Waals surface area contributed by atoms with E-state index < -0.39 is 23.0 Å². The van der Waals surface area contributed by atoms with E-state index in [0.29, 0.717) is 25.9 Å². The largest absolute Gasteiger partial charge is 0.481 e. The summed E-state index contributed by atoms with van der Waals surface area (Å²) in [5, 5.41) is 12.4. The Hall–Kier alpha value is -1.49. The fourth-order valence-corrected chi connectivity index (χ4v) is 2.41. The molecule has 0 saturated carbocycles. The second-order valence-corrected chi connectivity index (χ2v) is 4.71. The minimum Gasteiger partial charge on any atom is -0.481 e. The molecule has 2 rings (SSSR count). The molecule has 1 aromatic rings. The molecule has 0 radical (unpaired) electrons. The first kappa shape index (κ1) is 13.0. The van der Waals surface area contributed by atoms with Gasteiger partial charge in [-0.05, 0) is 44.5 Å². The van der Waals surface area contributed by atoms with Crippen LogP contribution in [-0.2, 0) is 11.2 Å². The fourth-order valence-electron chi connectivity index (χ4n) is 2.41. The fraction of sp³-hybridized carbons (Fsp3) is 0.462. The molecule has 1 fully saturated rings. The second kappa shape index (κ2) is 5.02. The van der Waals surface area contributed by atoms with Crippen LogP contribution >= 0.6 is 0 Å². The highest BCUT2D eigenvalue weighted by molar-refractivity contribution is 5.75. The number of hydrogen-bond acceptors (Lipinski definition) is 2. The van der Waals surface area contributed by atoms with Crippen molar-refractivity contribution in [3.05, 3.63) is 35.4 Å². The summed E-state index contributed by atoms with van der Waals surface area (Å²) in [7, 11) is 0. The van der Waals surface area contributed by atoms with Crippen molar-refractivity contribution in [1.29, 1.82) is 0 Å². The molecular formula is C13H15F2NO2. The zero-order chi connectivity index (χ0) is 13.2. The van der Waals surface area contributed by atoms with E-state index in [9.17, 15) is 18.7 Å². The highest BCUT2D eigenvalue weighted by Gasteiger charge is 2.40. The smallest absolute Gasteiger partial charge is 0.310 e. The number of aliphatic carboxylic acids is 1. The summed E-state index contributed by atoms with van der Waals surface area (Å²) in [6, 6.07) is 3.61. The molecule has 5 heteroatoms. The van der Waals surface area contributed by atoms with Crippen LogP contribution < -0.4 is 5.32 Å². The van der Waals surface area contributed by atoms with Gasteiger partial charge in [0.25, 0.3) is 0 Å². The maximum Gasteiger partial charge on any atom is 0.310 e. The van der Waals surface area contributed by atoms with Crippen LogP contribution in [0.1, 0.15) is 18.4 Å². The second-order valence-electron chi connectivity index (χ2n) is 4.71. The van der Waals surface area contributed by atoms with Crippen LogP contribution in [0.15, 0.2) is 18.2 Å². The minimum atomic E-state index is -1.06. The Morgan fingerprint density at radius 1 is 1.28 bits per heavy atom. The number of carbonyl (C=O) groups is 1. The number of piperidine rings is 1. The molecule has 2 N–H and O–H groups in total. The third-order valence-electron chi connectivity index (χ3n) is 3.59. The van der Waals surface area contributed by atoms with Gasteiger partial charge in [0.05, 0.1) is 5.41 Å². The van der Waals surface area contributed by atoms with Gasteiger partial charge in [-0.2, -0.15) is 0 Å². The summed E-state index contributed by atoms with van der Waals surface area (Å²) >= 11 is 0. The Kier molecular flexibility index (Phi) is 3.61. The molecular weight excluding hydrogens is 240 g/mol. The number of halogens is 2. The topological polar surface area (TPSA) is 49.3 Å². The molecule has 3 nitrogen and oxygen atoms in total. The quantitative estimate of drug-likeness (QED) is 0.868. The first-order valence-corrected chi connectivity index (χ1v) is 5.92. The van der Waals surface area contributed by atoms with Gasteiger partial charge >= 0.3 is 5.97 Å². The number of carboxylic acid groups (broad SMARTS) is 1. The molecule has 1 saturated heterocycles. The van der Waals surface area contributed by atoms with Gasteiger partial charge < -0.3 is 10.4 Å². The number of carboxylic acids is 1. The lowest BCUT2D eigenvalue weighted by molar-refractivity contribution is -0.150. The lowest BCUT2D eigenvalue weighted by atomic mass is 9.74. The molecule has 0 bridgehead atoms. The average molecular weight is 255 g/mol. The SMILES string of the molecule is O=C(O)C1(Cc2c(F)cccc2F)CCNCC1. The summed E-state index contributed by atoms with van der Waals surface area (Å²) < 4.78 is 27.2. The van der Waals surface area contributed by atoms with E-state index in [4.69, 9.17) is 0 Å². The Morgan fingerprint density at radius 2 is 1.83 bits per heavy atom. The number of benzene rings is 1. The average Bonchev–Trinajstić information content (AvgIpc) is 2.35. The summed E-state index contributed by atoms with van der Waals surface area (Å²) in [6.07, 6.45) is 0.675. The lowest BCUT2D eigenvalue weighted by Gasteiger charge is -2.33. The van der Waals surface area contributed by atoms with Crippen LogP contribution in [0.25, 0.3) is 0 Å². The molecule has 1 heterocycles. The van der Waals surface area contributed by atoms with Crippen molar-refractivity contribution in [2.24, 2.45) is 5.41 Å². The van der Waals surface area contributed by atoms with Gasteiger partial charge in [-0.15, -0.1) is 0 Å². The maximum atomic E-state index is 13.6. The molecule has 0 atom stereocenters. The Bertz CT molecular complexity index is 436. The van der Waals surface area contributed by atoms with Gasteiger partial charge in [0, 0.05) is 5.56 Å². The van der Waals surface area contributed by atoms with Crippen LogP contribution in [-0.4, -0.2) is 24.2 Å². The monoisotopic (exact) mass is 255 g/mol. The van der Waals surface area contributed by atoms with Gasteiger partial charge in [-0.25, -0.2) is 8.78 Å². The van der Waals surface area contributed by atoms with Gasteiger partial charge in [0.1, 0.15) is 11.6 Å². The summed E-state index contributed by atoms with van der Waals surface area (Å²) in [6.45, 7) is 1.12. The van der Waals surface area contributed by atoms with Gasteiger partial charge in [0.15, 0.2) is 0 Å². The van der Waals surface area contributed by atoms with E-state index in [0.717, 1.165) is 12.1 Å². The third-order valence-corrected chi connectivity index (χ3v) is 3.59. The summed E-state index contributed by atoms with van der Waals surface area (Å²) in [4.78, 5) is 11.4. The van der Waals surface area contributed by atoms with Crippen molar-refractivity contribution in [2.75, 3.05) is 13.1 Å². The summed E-state index contributed by atoms with van der Waals surface area (Å²) in [5.74, 6) is -2.32. The van der Waals surface area contributed by atoms with Crippen molar-refractivity contribution < 1.29 is 18.7 Å². The van der Waals surface area contributed by atoms with E-state index in [-0.39, 0.29) is 12.0 Å². The summed E-state index contributed by atoms with van der Waals surface area (Å²) in [5.41, 5.74) is -1.18. The molecule has 1 aliphatic heterocycles. The zero-order valence-electron chi connectivity index (χ0n) is 9.88.